The van der Waals surface area contributed by atoms with Gasteiger partial charge >= 0.3 is 0 Å². The SMILES string of the molecule is O=C(C1CC1)N1CCC(C(F)(F)[C@H](O)c2c3c(cc4cn[nH]c24)CC3)CC1. The Bertz CT molecular complexity index is 898. The molecule has 2 fully saturated rings. The number of aromatic nitrogens is 2. The van der Waals surface area contributed by atoms with E-state index in [9.17, 15) is 9.90 Å². The molecule has 1 aliphatic heterocycles. The van der Waals surface area contributed by atoms with Crippen molar-refractivity contribution in [2.45, 2.75) is 50.6 Å². The van der Waals surface area contributed by atoms with Gasteiger partial charge in [0.05, 0.1) is 11.7 Å². The molecule has 1 amide bonds. The number of benzene rings is 1. The second-order valence-electron chi connectivity index (χ2n) is 8.21. The van der Waals surface area contributed by atoms with Gasteiger partial charge in [0.15, 0.2) is 0 Å². The maximum atomic E-state index is 15.3. The number of carbonyl (C=O) groups excluding carboxylic acids is 1. The number of rotatable bonds is 4. The first-order valence-electron chi connectivity index (χ1n) is 9.79. The molecule has 0 spiro atoms. The maximum Gasteiger partial charge on any atom is 0.280 e. The average molecular weight is 375 g/mol. The fourth-order valence-corrected chi connectivity index (χ4v) is 4.61. The number of hydrogen-bond donors (Lipinski definition) is 2. The van der Waals surface area contributed by atoms with E-state index in [0.29, 0.717) is 30.6 Å². The summed E-state index contributed by atoms with van der Waals surface area (Å²) in [6.45, 7) is 0.712. The van der Waals surface area contributed by atoms with Gasteiger partial charge in [0, 0.05) is 35.9 Å². The molecule has 5 nitrogen and oxygen atoms in total. The summed E-state index contributed by atoms with van der Waals surface area (Å²) in [4.78, 5) is 13.9. The highest BCUT2D eigenvalue weighted by molar-refractivity contribution is 5.85. The number of alkyl halides is 2. The van der Waals surface area contributed by atoms with Gasteiger partial charge in [-0.3, -0.25) is 9.89 Å². The number of aliphatic hydroxyl groups is 1. The number of aromatic amines is 1. The first-order chi connectivity index (χ1) is 13.0. The van der Waals surface area contributed by atoms with Gasteiger partial charge in [-0.25, -0.2) is 8.78 Å². The van der Waals surface area contributed by atoms with Crippen LogP contribution in [0.4, 0.5) is 8.78 Å². The normalized spacial score (nSPS) is 21.8. The van der Waals surface area contributed by atoms with Gasteiger partial charge in [-0.2, -0.15) is 5.10 Å². The predicted octanol–water partition coefficient (Wildman–Crippen LogP) is 2.98. The van der Waals surface area contributed by atoms with E-state index in [-0.39, 0.29) is 24.7 Å². The van der Waals surface area contributed by atoms with Gasteiger partial charge in [-0.1, -0.05) is 0 Å². The third-order valence-electron chi connectivity index (χ3n) is 6.54. The summed E-state index contributed by atoms with van der Waals surface area (Å²) < 4.78 is 30.5. The molecular weight excluding hydrogens is 352 g/mol. The minimum atomic E-state index is -3.24. The van der Waals surface area contributed by atoms with Crippen LogP contribution in [0.2, 0.25) is 0 Å². The van der Waals surface area contributed by atoms with E-state index in [2.05, 4.69) is 10.2 Å². The Hall–Kier alpha value is -2.02. The van der Waals surface area contributed by atoms with E-state index < -0.39 is 17.9 Å². The van der Waals surface area contributed by atoms with E-state index >= 15 is 8.78 Å². The molecule has 2 N–H and O–H groups in total. The molecule has 1 saturated carbocycles. The number of piperidine rings is 1. The number of halogens is 2. The number of aliphatic hydroxyl groups excluding tert-OH is 1. The van der Waals surface area contributed by atoms with E-state index in [4.69, 9.17) is 0 Å². The standard InChI is InChI=1S/C20H23F2N3O2/c21-20(22,14-5-7-25(8-6-14)19(27)11-1-2-11)18(26)16-15-4-3-12(15)9-13-10-23-24-17(13)16/h9-11,14,18,26H,1-8H2,(H,23,24)/t18-/m1/s1. The minimum absolute atomic E-state index is 0.112. The highest BCUT2D eigenvalue weighted by Gasteiger charge is 2.50. The Morgan fingerprint density at radius 1 is 1.26 bits per heavy atom. The number of nitrogens with zero attached hydrogens (tertiary/aromatic N) is 2. The second kappa shape index (κ2) is 5.99. The van der Waals surface area contributed by atoms with Gasteiger partial charge in [0.25, 0.3) is 5.92 Å². The van der Waals surface area contributed by atoms with Crippen molar-refractivity contribution in [2.75, 3.05) is 13.1 Å². The molecule has 5 rings (SSSR count). The zero-order valence-electron chi connectivity index (χ0n) is 15.0. The van der Waals surface area contributed by atoms with Crippen LogP contribution in [-0.2, 0) is 17.6 Å². The largest absolute Gasteiger partial charge is 0.382 e. The van der Waals surface area contributed by atoms with Crippen LogP contribution in [0.1, 0.15) is 48.5 Å². The summed E-state index contributed by atoms with van der Waals surface area (Å²) in [6.07, 6.45) is 3.62. The van der Waals surface area contributed by atoms with Crippen molar-refractivity contribution in [3.8, 4) is 0 Å². The Balaban J connectivity index is 1.39. The fraction of sp³-hybridized carbons (Fsp3) is 0.600. The van der Waals surface area contributed by atoms with Crippen LogP contribution in [0, 0.1) is 11.8 Å². The Kier molecular flexibility index (Phi) is 3.79. The van der Waals surface area contributed by atoms with E-state index in [1.807, 2.05) is 6.07 Å². The zero-order chi connectivity index (χ0) is 18.8. The van der Waals surface area contributed by atoms with Crippen molar-refractivity contribution in [3.05, 3.63) is 29.0 Å². The number of hydrogen-bond acceptors (Lipinski definition) is 3. The molecule has 27 heavy (non-hydrogen) atoms. The van der Waals surface area contributed by atoms with Crippen molar-refractivity contribution in [2.24, 2.45) is 11.8 Å². The number of nitrogens with one attached hydrogen (secondary N) is 1. The van der Waals surface area contributed by atoms with Crippen LogP contribution in [0.5, 0.6) is 0 Å². The summed E-state index contributed by atoms with van der Waals surface area (Å²) in [7, 11) is 0. The van der Waals surface area contributed by atoms with Gasteiger partial charge in [0.1, 0.15) is 6.10 Å². The molecule has 2 heterocycles. The highest BCUT2D eigenvalue weighted by Crippen LogP contribution is 2.47. The molecule has 3 aliphatic rings. The lowest BCUT2D eigenvalue weighted by Crippen LogP contribution is -2.46. The van der Waals surface area contributed by atoms with Crippen molar-refractivity contribution in [3.63, 3.8) is 0 Å². The number of likely N-dealkylation sites (tertiary alicyclic amines) is 1. The van der Waals surface area contributed by atoms with Gasteiger partial charge in [-0.05, 0) is 55.7 Å². The summed E-state index contributed by atoms with van der Waals surface area (Å²) in [5.74, 6) is -3.94. The van der Waals surface area contributed by atoms with Crippen LogP contribution >= 0.6 is 0 Å². The Morgan fingerprint density at radius 2 is 2.00 bits per heavy atom. The first-order valence-corrected chi connectivity index (χ1v) is 9.79. The minimum Gasteiger partial charge on any atom is -0.382 e. The summed E-state index contributed by atoms with van der Waals surface area (Å²) in [6, 6.07) is 1.97. The fourth-order valence-electron chi connectivity index (χ4n) is 4.61. The maximum absolute atomic E-state index is 15.3. The number of amides is 1. The van der Waals surface area contributed by atoms with Crippen molar-refractivity contribution in [1.29, 1.82) is 0 Å². The smallest absolute Gasteiger partial charge is 0.280 e. The van der Waals surface area contributed by atoms with E-state index in [1.54, 1.807) is 11.1 Å². The van der Waals surface area contributed by atoms with Crippen LogP contribution in [0.25, 0.3) is 10.9 Å². The number of fused-ring (bicyclic) bond motifs is 2. The van der Waals surface area contributed by atoms with Gasteiger partial charge < -0.3 is 10.0 Å². The summed E-state index contributed by atoms with van der Waals surface area (Å²) in [5.41, 5.74) is 2.69. The third kappa shape index (κ3) is 2.66. The average Bonchev–Trinajstić information content (AvgIpc) is 3.40. The lowest BCUT2D eigenvalue weighted by atomic mass is 9.77. The molecule has 0 unspecified atom stereocenters. The topological polar surface area (TPSA) is 69.2 Å². The highest BCUT2D eigenvalue weighted by atomic mass is 19.3. The molecule has 1 aromatic carbocycles. The second-order valence-corrected chi connectivity index (χ2v) is 8.21. The van der Waals surface area contributed by atoms with Crippen molar-refractivity contribution in [1.82, 2.24) is 15.1 Å². The van der Waals surface area contributed by atoms with Crippen LogP contribution in [0.3, 0.4) is 0 Å². The Labute approximate surface area is 155 Å². The van der Waals surface area contributed by atoms with Crippen molar-refractivity contribution >= 4 is 16.8 Å². The Morgan fingerprint density at radius 3 is 2.63 bits per heavy atom. The molecule has 1 aromatic heterocycles. The number of aryl methyl sites for hydroxylation is 1. The van der Waals surface area contributed by atoms with E-state index in [1.165, 1.54) is 0 Å². The lowest BCUT2D eigenvalue weighted by molar-refractivity contribution is -0.164. The van der Waals surface area contributed by atoms with Crippen LogP contribution < -0.4 is 0 Å². The molecule has 2 aromatic rings. The monoisotopic (exact) mass is 375 g/mol. The molecule has 0 radical (unpaired) electrons. The predicted molar refractivity (Wildman–Crippen MR) is 95.4 cm³/mol. The van der Waals surface area contributed by atoms with E-state index in [0.717, 1.165) is 35.8 Å². The van der Waals surface area contributed by atoms with Gasteiger partial charge in [-0.15, -0.1) is 0 Å². The third-order valence-corrected chi connectivity index (χ3v) is 6.54. The lowest BCUT2D eigenvalue weighted by Gasteiger charge is -2.39. The zero-order valence-corrected chi connectivity index (χ0v) is 15.0. The van der Waals surface area contributed by atoms with Gasteiger partial charge in [0.2, 0.25) is 5.91 Å². The summed E-state index contributed by atoms with van der Waals surface area (Å²) >= 11 is 0. The van der Waals surface area contributed by atoms with Crippen molar-refractivity contribution < 1.29 is 18.7 Å². The molecule has 144 valence electrons. The number of carbonyl (C=O) groups is 1. The molecular formula is C20H23F2N3O2. The quantitative estimate of drug-likeness (QED) is 0.863. The number of H-pyrrole nitrogens is 1. The van der Waals surface area contributed by atoms with Crippen LogP contribution in [0.15, 0.2) is 12.3 Å². The molecule has 2 aliphatic carbocycles. The summed E-state index contributed by atoms with van der Waals surface area (Å²) in [5, 5.41) is 18.3. The first kappa shape index (κ1) is 17.1. The molecule has 0 bridgehead atoms. The van der Waals surface area contributed by atoms with Crippen LogP contribution in [-0.4, -0.2) is 45.1 Å². The molecule has 7 heteroatoms. The molecule has 1 atom stereocenters. The molecule has 1 saturated heterocycles.